The third-order valence-corrected chi connectivity index (χ3v) is 6.11. The summed E-state index contributed by atoms with van der Waals surface area (Å²) in [5.74, 6) is 1.13. The van der Waals surface area contributed by atoms with Crippen molar-refractivity contribution in [2.45, 2.75) is 55.7 Å². The molecule has 4 rings (SSSR count). The van der Waals surface area contributed by atoms with Crippen molar-refractivity contribution in [3.05, 3.63) is 41.2 Å². The van der Waals surface area contributed by atoms with E-state index in [1.54, 1.807) is 11.8 Å². The molecule has 2 heterocycles. The maximum Gasteiger partial charge on any atom is 0.175 e. The zero-order valence-electron chi connectivity index (χ0n) is 17.3. The van der Waals surface area contributed by atoms with Crippen LogP contribution >= 0.6 is 23.4 Å². The summed E-state index contributed by atoms with van der Waals surface area (Å²) < 4.78 is 2.13. The molecule has 158 valence electrons. The number of nitrogen functional groups attached to an aromatic ring is 1. The number of nitrogens with two attached hydrogens (primary N) is 1. The molecule has 1 aromatic carbocycles. The summed E-state index contributed by atoms with van der Waals surface area (Å²) >= 11 is 7.98. The minimum absolute atomic E-state index is 0.403. The monoisotopic (exact) mass is 442 g/mol. The lowest BCUT2D eigenvalue weighted by atomic mass is 10.2. The summed E-state index contributed by atoms with van der Waals surface area (Å²) in [5.41, 5.74) is 8.60. The van der Waals surface area contributed by atoms with E-state index in [2.05, 4.69) is 51.9 Å². The van der Waals surface area contributed by atoms with E-state index in [1.807, 2.05) is 12.1 Å². The van der Waals surface area contributed by atoms with Gasteiger partial charge in [0, 0.05) is 22.5 Å². The summed E-state index contributed by atoms with van der Waals surface area (Å²) in [6.07, 6.45) is 9.47. The highest BCUT2D eigenvalue weighted by atomic mass is 35.5. The van der Waals surface area contributed by atoms with Gasteiger partial charge in [-0.1, -0.05) is 49.4 Å². The van der Waals surface area contributed by atoms with E-state index < -0.39 is 0 Å². The van der Waals surface area contributed by atoms with Crippen LogP contribution < -0.4 is 11.1 Å². The zero-order valence-corrected chi connectivity index (χ0v) is 18.9. The number of hydrogen-bond donors (Lipinski definition) is 2. The average molecular weight is 443 g/mol. The number of aryl methyl sites for hydroxylation is 1. The number of aromatic nitrogens is 4. The van der Waals surface area contributed by atoms with Crippen molar-refractivity contribution < 1.29 is 0 Å². The molecule has 0 spiro atoms. The fourth-order valence-corrected chi connectivity index (χ4v) is 4.55. The summed E-state index contributed by atoms with van der Waals surface area (Å²) in [6.45, 7) is 6.02. The minimum Gasteiger partial charge on any atom is -0.382 e. The van der Waals surface area contributed by atoms with Gasteiger partial charge in [0.05, 0.1) is 0 Å². The molecule has 2 aromatic heterocycles. The highest BCUT2D eigenvalue weighted by Crippen LogP contribution is 2.34. The van der Waals surface area contributed by atoms with Gasteiger partial charge in [-0.3, -0.25) is 0 Å². The molecule has 1 aliphatic carbocycles. The quantitative estimate of drug-likeness (QED) is 0.452. The van der Waals surface area contributed by atoms with Crippen molar-refractivity contribution in [2.75, 3.05) is 12.3 Å². The summed E-state index contributed by atoms with van der Waals surface area (Å²) in [7, 11) is 0. The molecule has 8 heteroatoms. The van der Waals surface area contributed by atoms with Gasteiger partial charge in [-0.15, -0.1) is 0 Å². The van der Waals surface area contributed by atoms with Gasteiger partial charge >= 0.3 is 0 Å². The highest BCUT2D eigenvalue weighted by Gasteiger charge is 2.18. The van der Waals surface area contributed by atoms with Gasteiger partial charge in [0.2, 0.25) is 0 Å². The maximum absolute atomic E-state index is 6.40. The number of nitrogens with one attached hydrogen (secondary N) is 1. The van der Waals surface area contributed by atoms with Crippen LogP contribution in [-0.4, -0.2) is 32.1 Å². The lowest BCUT2D eigenvalue weighted by molar-refractivity contribution is 0.525. The second kappa shape index (κ2) is 9.37. The van der Waals surface area contributed by atoms with E-state index in [0.29, 0.717) is 17.4 Å². The molecule has 1 aliphatic rings. The molecule has 30 heavy (non-hydrogen) atoms. The van der Waals surface area contributed by atoms with Crippen LogP contribution in [0.25, 0.3) is 17.2 Å². The summed E-state index contributed by atoms with van der Waals surface area (Å²) in [6, 6.07) is 6.58. The second-order valence-corrected chi connectivity index (χ2v) is 9.44. The smallest absolute Gasteiger partial charge is 0.175 e. The van der Waals surface area contributed by atoms with Gasteiger partial charge < -0.3 is 15.6 Å². The molecule has 1 fully saturated rings. The Morgan fingerprint density at radius 1 is 1.30 bits per heavy atom. The molecule has 0 saturated heterocycles. The van der Waals surface area contributed by atoms with Gasteiger partial charge in [-0.25, -0.2) is 15.0 Å². The predicted octanol–water partition coefficient (Wildman–Crippen LogP) is 5.02. The SMILES string of the molecule is CC(C)NCCCn1c(Sc2cc(Cl)cc(/C=C/C3CC3)c2)nc2c(N)ncnc21. The number of fused-ring (bicyclic) bond motifs is 1. The Morgan fingerprint density at radius 3 is 2.90 bits per heavy atom. The Hall–Kier alpha value is -2.09. The Balaban J connectivity index is 1.61. The fraction of sp³-hybridized carbons (Fsp3) is 0.409. The Bertz CT molecular complexity index is 1060. The number of allylic oxidation sites excluding steroid dienone is 1. The summed E-state index contributed by atoms with van der Waals surface area (Å²) in [4.78, 5) is 14.4. The van der Waals surface area contributed by atoms with Crippen LogP contribution in [0.5, 0.6) is 0 Å². The Morgan fingerprint density at radius 2 is 2.13 bits per heavy atom. The first-order valence-corrected chi connectivity index (χ1v) is 11.6. The van der Waals surface area contributed by atoms with Crippen molar-refractivity contribution in [3.63, 3.8) is 0 Å². The number of halogens is 1. The zero-order chi connectivity index (χ0) is 21.1. The first-order valence-electron chi connectivity index (χ1n) is 10.4. The lowest BCUT2D eigenvalue weighted by Gasteiger charge is -2.11. The lowest BCUT2D eigenvalue weighted by Crippen LogP contribution is -2.24. The van der Waals surface area contributed by atoms with E-state index in [-0.39, 0.29) is 0 Å². The highest BCUT2D eigenvalue weighted by molar-refractivity contribution is 7.99. The number of rotatable bonds is 9. The van der Waals surface area contributed by atoms with E-state index in [1.165, 1.54) is 19.2 Å². The number of imidazole rings is 1. The van der Waals surface area contributed by atoms with Gasteiger partial charge in [0.25, 0.3) is 0 Å². The van der Waals surface area contributed by atoms with Gasteiger partial charge in [0.1, 0.15) is 6.33 Å². The van der Waals surface area contributed by atoms with E-state index in [4.69, 9.17) is 22.3 Å². The molecule has 3 N–H and O–H groups in total. The molecule has 0 atom stereocenters. The number of hydrogen-bond acceptors (Lipinski definition) is 6. The first kappa shape index (κ1) is 21.2. The summed E-state index contributed by atoms with van der Waals surface area (Å²) in [5, 5.41) is 5.03. The van der Waals surface area contributed by atoms with Crippen molar-refractivity contribution >= 4 is 46.4 Å². The van der Waals surface area contributed by atoms with Crippen molar-refractivity contribution in [2.24, 2.45) is 5.92 Å². The van der Waals surface area contributed by atoms with Crippen LogP contribution in [0.4, 0.5) is 5.82 Å². The molecule has 1 saturated carbocycles. The number of anilines is 1. The second-order valence-electron chi connectivity index (χ2n) is 7.96. The molecule has 3 aromatic rings. The largest absolute Gasteiger partial charge is 0.382 e. The van der Waals surface area contributed by atoms with Crippen molar-refractivity contribution in [1.29, 1.82) is 0 Å². The van der Waals surface area contributed by atoms with Crippen LogP contribution in [0.1, 0.15) is 38.7 Å². The molecule has 0 radical (unpaired) electrons. The molecule has 0 amide bonds. The number of benzene rings is 1. The topological polar surface area (TPSA) is 81.7 Å². The van der Waals surface area contributed by atoms with Crippen LogP contribution in [0.3, 0.4) is 0 Å². The third kappa shape index (κ3) is 5.33. The molecular formula is C22H27ClN6S. The van der Waals surface area contributed by atoms with Gasteiger partial charge in [0.15, 0.2) is 22.1 Å². The molecule has 0 aliphatic heterocycles. The predicted molar refractivity (Wildman–Crippen MR) is 125 cm³/mol. The van der Waals surface area contributed by atoms with E-state index in [0.717, 1.165) is 51.7 Å². The Kier molecular flexibility index (Phi) is 6.61. The number of nitrogens with zero attached hydrogens (tertiary/aromatic N) is 4. The van der Waals surface area contributed by atoms with Crippen molar-refractivity contribution in [3.8, 4) is 0 Å². The van der Waals surface area contributed by atoms with Crippen LogP contribution in [0.2, 0.25) is 5.02 Å². The van der Waals surface area contributed by atoms with Crippen LogP contribution in [-0.2, 0) is 6.54 Å². The Labute approximate surface area is 186 Å². The minimum atomic E-state index is 0.403. The normalized spacial score (nSPS) is 14.4. The fourth-order valence-electron chi connectivity index (χ4n) is 3.22. The standard InChI is InChI=1S/C22H27ClN6S/c1-14(2)25-8-3-9-29-21-19(20(24)26-13-27-21)28-22(29)30-18-11-16(10-17(23)12-18)7-6-15-4-5-15/h6-7,10-15,25H,3-5,8-9H2,1-2H3,(H2,24,26,27)/b7-6+. The molecule has 6 nitrogen and oxygen atoms in total. The first-order chi connectivity index (χ1) is 14.5. The maximum atomic E-state index is 6.40. The van der Waals surface area contributed by atoms with Crippen LogP contribution in [0, 0.1) is 5.92 Å². The van der Waals surface area contributed by atoms with E-state index in [9.17, 15) is 0 Å². The molecular weight excluding hydrogens is 416 g/mol. The average Bonchev–Trinajstić information content (AvgIpc) is 3.46. The van der Waals surface area contributed by atoms with Crippen LogP contribution in [0.15, 0.2) is 40.7 Å². The third-order valence-electron chi connectivity index (χ3n) is 4.92. The van der Waals surface area contributed by atoms with Crippen molar-refractivity contribution in [1.82, 2.24) is 24.8 Å². The molecule has 0 bridgehead atoms. The van der Waals surface area contributed by atoms with E-state index >= 15 is 0 Å². The van der Waals surface area contributed by atoms with Gasteiger partial charge in [-0.2, -0.15) is 0 Å². The van der Waals surface area contributed by atoms with Gasteiger partial charge in [-0.05, 0) is 55.5 Å². The molecule has 0 unspecified atom stereocenters.